The van der Waals surface area contributed by atoms with E-state index in [4.69, 9.17) is 4.74 Å². The number of hydrogen-bond acceptors (Lipinski definition) is 4. The molecule has 4 heteroatoms. The Kier molecular flexibility index (Phi) is 4.11. The van der Waals surface area contributed by atoms with Crippen LogP contribution in [0.15, 0.2) is 23.8 Å². The Hall–Kier alpha value is -1.13. The Morgan fingerprint density at radius 1 is 1.37 bits per heavy atom. The van der Waals surface area contributed by atoms with Gasteiger partial charge in [-0.25, -0.2) is 0 Å². The van der Waals surface area contributed by atoms with E-state index in [2.05, 4.69) is 6.58 Å². The minimum absolute atomic E-state index is 0.0560. The quantitative estimate of drug-likeness (QED) is 0.516. The van der Waals surface area contributed by atoms with Gasteiger partial charge in [-0.2, -0.15) is 0 Å². The first-order chi connectivity index (χ1) is 8.90. The summed E-state index contributed by atoms with van der Waals surface area (Å²) >= 11 is 0. The molecule has 0 aromatic heterocycles. The minimum Gasteiger partial charge on any atom is -0.458 e. The standard InChI is InChI=1S/C15H22O4/c1-8-4-5-12(16)10(3)13(17)7-11-9(2)15(18)19-14(11)6-8/h6,9,11-14,16-17H,3-5,7H2,1-2H3/b8-6+/t9-,11-,12+,13-,14+/m0/s1. The van der Waals surface area contributed by atoms with Gasteiger partial charge in [0.05, 0.1) is 18.1 Å². The number of rotatable bonds is 0. The summed E-state index contributed by atoms with van der Waals surface area (Å²) in [4.78, 5) is 11.7. The number of aliphatic hydroxyl groups is 2. The summed E-state index contributed by atoms with van der Waals surface area (Å²) in [5.41, 5.74) is 1.54. The van der Waals surface area contributed by atoms with E-state index in [1.54, 1.807) is 0 Å². The van der Waals surface area contributed by atoms with Crippen LogP contribution in [-0.4, -0.2) is 34.5 Å². The first-order valence-electron chi connectivity index (χ1n) is 6.82. The normalized spacial score (nSPS) is 43.2. The van der Waals surface area contributed by atoms with Crippen LogP contribution in [0.1, 0.15) is 33.1 Å². The van der Waals surface area contributed by atoms with Gasteiger partial charge in [0, 0.05) is 5.92 Å². The molecular weight excluding hydrogens is 244 g/mol. The summed E-state index contributed by atoms with van der Waals surface area (Å²) in [5.74, 6) is -0.496. The summed E-state index contributed by atoms with van der Waals surface area (Å²) < 4.78 is 5.37. The third kappa shape index (κ3) is 2.90. The zero-order valence-corrected chi connectivity index (χ0v) is 11.5. The molecule has 1 aliphatic carbocycles. The maximum absolute atomic E-state index is 11.7. The third-order valence-corrected chi connectivity index (χ3v) is 4.30. The fourth-order valence-electron chi connectivity index (χ4n) is 2.83. The molecule has 0 spiro atoms. The first-order valence-corrected chi connectivity index (χ1v) is 6.82. The van der Waals surface area contributed by atoms with Crippen molar-refractivity contribution in [2.24, 2.45) is 11.8 Å². The molecule has 0 saturated carbocycles. The third-order valence-electron chi connectivity index (χ3n) is 4.30. The number of carbonyl (C=O) groups is 1. The van der Waals surface area contributed by atoms with Crippen molar-refractivity contribution in [3.05, 3.63) is 23.8 Å². The summed E-state index contributed by atoms with van der Waals surface area (Å²) in [5, 5.41) is 20.1. The van der Waals surface area contributed by atoms with Crippen molar-refractivity contribution in [3.8, 4) is 0 Å². The number of aliphatic hydroxyl groups excluding tert-OH is 2. The van der Waals surface area contributed by atoms with E-state index in [-0.39, 0.29) is 23.9 Å². The molecular formula is C15H22O4. The second kappa shape index (κ2) is 5.47. The van der Waals surface area contributed by atoms with Crippen molar-refractivity contribution in [2.45, 2.75) is 51.4 Å². The summed E-state index contributed by atoms with van der Waals surface area (Å²) in [6.07, 6.45) is 1.87. The van der Waals surface area contributed by atoms with Gasteiger partial charge in [-0.1, -0.05) is 19.1 Å². The van der Waals surface area contributed by atoms with Gasteiger partial charge in [-0.15, -0.1) is 0 Å². The summed E-state index contributed by atoms with van der Waals surface area (Å²) in [6, 6.07) is 0. The van der Waals surface area contributed by atoms with Crippen molar-refractivity contribution in [2.75, 3.05) is 0 Å². The molecule has 0 aromatic carbocycles. The highest BCUT2D eigenvalue weighted by molar-refractivity contribution is 5.75. The van der Waals surface area contributed by atoms with E-state index in [1.165, 1.54) is 0 Å². The summed E-state index contributed by atoms with van der Waals surface area (Å²) in [7, 11) is 0. The second-order valence-corrected chi connectivity index (χ2v) is 5.75. The maximum Gasteiger partial charge on any atom is 0.309 e. The highest BCUT2D eigenvalue weighted by atomic mass is 16.6. The Labute approximate surface area is 113 Å². The van der Waals surface area contributed by atoms with Crippen LogP contribution in [0.4, 0.5) is 0 Å². The largest absolute Gasteiger partial charge is 0.458 e. The van der Waals surface area contributed by atoms with Crippen LogP contribution in [0.5, 0.6) is 0 Å². The van der Waals surface area contributed by atoms with Crippen molar-refractivity contribution in [1.82, 2.24) is 0 Å². The molecule has 2 aliphatic rings. The Morgan fingerprint density at radius 3 is 2.74 bits per heavy atom. The lowest BCUT2D eigenvalue weighted by molar-refractivity contribution is -0.142. The molecule has 0 aromatic rings. The van der Waals surface area contributed by atoms with Crippen LogP contribution in [0, 0.1) is 11.8 Å². The van der Waals surface area contributed by atoms with Crippen molar-refractivity contribution in [3.63, 3.8) is 0 Å². The molecule has 1 heterocycles. The van der Waals surface area contributed by atoms with Crippen molar-refractivity contribution < 1.29 is 19.7 Å². The molecule has 5 atom stereocenters. The smallest absolute Gasteiger partial charge is 0.309 e. The fraction of sp³-hybridized carbons (Fsp3) is 0.667. The van der Waals surface area contributed by atoms with Gasteiger partial charge < -0.3 is 14.9 Å². The van der Waals surface area contributed by atoms with Crippen LogP contribution in [-0.2, 0) is 9.53 Å². The van der Waals surface area contributed by atoms with Gasteiger partial charge in [0.1, 0.15) is 6.10 Å². The molecule has 4 nitrogen and oxygen atoms in total. The number of hydrogen-bond donors (Lipinski definition) is 2. The van der Waals surface area contributed by atoms with E-state index in [0.717, 1.165) is 5.57 Å². The molecule has 0 radical (unpaired) electrons. The molecule has 2 N–H and O–H groups in total. The average Bonchev–Trinajstić information content (AvgIpc) is 2.62. The van der Waals surface area contributed by atoms with E-state index in [1.807, 2.05) is 19.9 Å². The molecule has 2 rings (SSSR count). The lowest BCUT2D eigenvalue weighted by atomic mass is 9.82. The van der Waals surface area contributed by atoms with Crippen LogP contribution in [0.3, 0.4) is 0 Å². The maximum atomic E-state index is 11.7. The molecule has 0 bridgehead atoms. The van der Waals surface area contributed by atoms with Gasteiger partial charge in [0.15, 0.2) is 0 Å². The van der Waals surface area contributed by atoms with Crippen LogP contribution in [0.2, 0.25) is 0 Å². The zero-order chi connectivity index (χ0) is 14.2. The number of esters is 1. The van der Waals surface area contributed by atoms with Gasteiger partial charge in [0.2, 0.25) is 0 Å². The number of ether oxygens (including phenoxy) is 1. The number of fused-ring (bicyclic) bond motifs is 1. The molecule has 106 valence electrons. The van der Waals surface area contributed by atoms with Crippen molar-refractivity contribution in [1.29, 1.82) is 0 Å². The number of allylic oxidation sites excluding steroid dienone is 1. The number of carbonyl (C=O) groups excluding carboxylic acids is 1. The fourth-order valence-corrected chi connectivity index (χ4v) is 2.83. The van der Waals surface area contributed by atoms with E-state index in [0.29, 0.717) is 24.8 Å². The monoisotopic (exact) mass is 266 g/mol. The molecule has 1 saturated heterocycles. The van der Waals surface area contributed by atoms with Gasteiger partial charge in [-0.05, 0) is 37.8 Å². The molecule has 0 amide bonds. The first kappa shape index (κ1) is 14.3. The Balaban J connectivity index is 2.28. The van der Waals surface area contributed by atoms with Crippen LogP contribution >= 0.6 is 0 Å². The molecule has 19 heavy (non-hydrogen) atoms. The van der Waals surface area contributed by atoms with Crippen LogP contribution in [0.25, 0.3) is 0 Å². The van der Waals surface area contributed by atoms with E-state index in [9.17, 15) is 15.0 Å². The average molecular weight is 266 g/mol. The van der Waals surface area contributed by atoms with Gasteiger partial charge in [0.25, 0.3) is 0 Å². The second-order valence-electron chi connectivity index (χ2n) is 5.75. The molecule has 1 aliphatic heterocycles. The zero-order valence-electron chi connectivity index (χ0n) is 11.5. The van der Waals surface area contributed by atoms with Crippen LogP contribution < -0.4 is 0 Å². The van der Waals surface area contributed by atoms with E-state index < -0.39 is 12.2 Å². The lowest BCUT2D eigenvalue weighted by Gasteiger charge is -2.26. The molecule has 0 unspecified atom stereocenters. The highest BCUT2D eigenvalue weighted by Crippen LogP contribution is 2.35. The van der Waals surface area contributed by atoms with Gasteiger partial charge >= 0.3 is 5.97 Å². The lowest BCUT2D eigenvalue weighted by Crippen LogP contribution is -2.29. The minimum atomic E-state index is -0.786. The Morgan fingerprint density at radius 2 is 2.05 bits per heavy atom. The molecule has 1 fully saturated rings. The van der Waals surface area contributed by atoms with Crippen molar-refractivity contribution >= 4 is 5.97 Å². The highest BCUT2D eigenvalue weighted by Gasteiger charge is 2.42. The topological polar surface area (TPSA) is 66.8 Å². The Bertz CT molecular complexity index is 412. The predicted octanol–water partition coefficient (Wildman–Crippen LogP) is 1.57. The van der Waals surface area contributed by atoms with Gasteiger partial charge in [-0.3, -0.25) is 4.79 Å². The predicted molar refractivity (Wildman–Crippen MR) is 71.3 cm³/mol. The SMILES string of the molecule is C=C1[C@H](O)CC/C(C)=C/[C@H]2OC(=O)[C@@H](C)[C@@H]2C[C@@H]1O. The summed E-state index contributed by atoms with van der Waals surface area (Å²) in [6.45, 7) is 7.59. The van der Waals surface area contributed by atoms with E-state index >= 15 is 0 Å².